The summed E-state index contributed by atoms with van der Waals surface area (Å²) in [4.78, 5) is 18.8. The van der Waals surface area contributed by atoms with Crippen molar-refractivity contribution in [3.63, 3.8) is 0 Å². The molecule has 4 rings (SSSR count). The van der Waals surface area contributed by atoms with Gasteiger partial charge in [-0.15, -0.1) is 0 Å². The molecule has 0 N–H and O–H groups in total. The van der Waals surface area contributed by atoms with E-state index in [1.165, 1.54) is 10.9 Å². The van der Waals surface area contributed by atoms with Crippen molar-refractivity contribution in [1.82, 2.24) is 15.0 Å². The molecule has 2 aromatic heterocycles. The molecular formula is C20H21N3O2. The van der Waals surface area contributed by atoms with Gasteiger partial charge in [0, 0.05) is 30.7 Å². The summed E-state index contributed by atoms with van der Waals surface area (Å²) in [7, 11) is 0. The highest BCUT2D eigenvalue weighted by Gasteiger charge is 2.25. The first-order chi connectivity index (χ1) is 12.2. The molecule has 0 aliphatic carbocycles. The third-order valence-electron chi connectivity index (χ3n) is 4.99. The first kappa shape index (κ1) is 15.8. The second kappa shape index (κ2) is 6.67. The van der Waals surface area contributed by atoms with Crippen molar-refractivity contribution in [2.75, 3.05) is 13.1 Å². The summed E-state index contributed by atoms with van der Waals surface area (Å²) in [6.07, 6.45) is 4.90. The lowest BCUT2D eigenvalue weighted by Gasteiger charge is -2.31. The maximum absolute atomic E-state index is 12.4. The Labute approximate surface area is 146 Å². The Balaban J connectivity index is 1.41. The predicted octanol–water partition coefficient (Wildman–Crippen LogP) is 3.63. The van der Waals surface area contributed by atoms with Crippen molar-refractivity contribution < 1.29 is 9.32 Å². The largest absolute Gasteiger partial charge is 0.361 e. The van der Waals surface area contributed by atoms with Crippen LogP contribution in [0.1, 0.15) is 34.7 Å². The number of nitrogens with zero attached hydrogens (tertiary/aromatic N) is 3. The van der Waals surface area contributed by atoms with Gasteiger partial charge < -0.3 is 9.42 Å². The Kier molecular flexibility index (Phi) is 4.22. The van der Waals surface area contributed by atoms with Crippen molar-refractivity contribution in [2.24, 2.45) is 5.92 Å². The molecule has 1 aliphatic rings. The van der Waals surface area contributed by atoms with E-state index in [1.54, 1.807) is 13.0 Å². The first-order valence-corrected chi connectivity index (χ1v) is 8.76. The van der Waals surface area contributed by atoms with Crippen LogP contribution in [0, 0.1) is 12.8 Å². The maximum Gasteiger partial charge on any atom is 0.276 e. The Morgan fingerprint density at radius 3 is 2.84 bits per heavy atom. The molecule has 0 spiro atoms. The van der Waals surface area contributed by atoms with Crippen LogP contribution in [0.3, 0.4) is 0 Å². The molecule has 0 saturated carbocycles. The number of fused-ring (bicyclic) bond motifs is 1. The smallest absolute Gasteiger partial charge is 0.276 e. The summed E-state index contributed by atoms with van der Waals surface area (Å²) in [6, 6.07) is 12.2. The van der Waals surface area contributed by atoms with Crippen LogP contribution in [0.2, 0.25) is 0 Å². The zero-order valence-electron chi connectivity index (χ0n) is 14.3. The number of benzene rings is 1. The van der Waals surface area contributed by atoms with Gasteiger partial charge in [-0.3, -0.25) is 9.78 Å². The lowest BCUT2D eigenvalue weighted by molar-refractivity contribution is 0.0680. The van der Waals surface area contributed by atoms with Crippen molar-refractivity contribution in [1.29, 1.82) is 0 Å². The van der Waals surface area contributed by atoms with Gasteiger partial charge in [0.05, 0.1) is 5.52 Å². The van der Waals surface area contributed by atoms with E-state index in [1.807, 2.05) is 17.2 Å². The molecular weight excluding hydrogens is 314 g/mol. The first-order valence-electron chi connectivity index (χ1n) is 8.76. The molecule has 0 radical (unpaired) electrons. The Hall–Kier alpha value is -2.69. The summed E-state index contributed by atoms with van der Waals surface area (Å²) >= 11 is 0. The number of rotatable bonds is 3. The topological polar surface area (TPSA) is 59.2 Å². The maximum atomic E-state index is 12.4. The molecule has 1 aliphatic heterocycles. The van der Waals surface area contributed by atoms with Gasteiger partial charge in [-0.2, -0.15) is 0 Å². The summed E-state index contributed by atoms with van der Waals surface area (Å²) in [5.74, 6) is 1.24. The number of likely N-dealkylation sites (tertiary alicyclic amines) is 1. The predicted molar refractivity (Wildman–Crippen MR) is 95.3 cm³/mol. The fourth-order valence-electron chi connectivity index (χ4n) is 3.63. The fraction of sp³-hybridized carbons (Fsp3) is 0.350. The van der Waals surface area contributed by atoms with Gasteiger partial charge in [0.2, 0.25) is 0 Å². The van der Waals surface area contributed by atoms with Gasteiger partial charge in [-0.05, 0) is 49.8 Å². The lowest BCUT2D eigenvalue weighted by Crippen LogP contribution is -2.39. The van der Waals surface area contributed by atoms with Crippen molar-refractivity contribution >= 4 is 16.8 Å². The molecule has 5 nitrogen and oxygen atoms in total. The van der Waals surface area contributed by atoms with E-state index in [2.05, 4.69) is 34.4 Å². The van der Waals surface area contributed by atoms with Crippen LogP contribution in [-0.2, 0) is 6.42 Å². The minimum Gasteiger partial charge on any atom is -0.361 e. The summed E-state index contributed by atoms with van der Waals surface area (Å²) in [6.45, 7) is 3.35. The number of pyridine rings is 1. The standard InChI is InChI=1S/C20H21N3O2/c1-14-12-19(22-25-14)20(24)23-10-7-15(8-11-23)13-16-4-2-6-18-17(16)5-3-9-21-18/h2-6,9,12,15H,7-8,10-11,13H2,1H3. The van der Waals surface area contributed by atoms with E-state index < -0.39 is 0 Å². The summed E-state index contributed by atoms with van der Waals surface area (Å²) in [5.41, 5.74) is 2.81. The molecule has 25 heavy (non-hydrogen) atoms. The van der Waals surface area contributed by atoms with E-state index in [0.29, 0.717) is 17.4 Å². The van der Waals surface area contributed by atoms with E-state index in [4.69, 9.17) is 4.52 Å². The van der Waals surface area contributed by atoms with E-state index in [-0.39, 0.29) is 5.91 Å². The molecule has 1 saturated heterocycles. The third-order valence-corrected chi connectivity index (χ3v) is 4.99. The highest BCUT2D eigenvalue weighted by Crippen LogP contribution is 2.26. The van der Waals surface area contributed by atoms with Crippen LogP contribution < -0.4 is 0 Å². The number of carbonyl (C=O) groups is 1. The monoisotopic (exact) mass is 335 g/mol. The van der Waals surface area contributed by atoms with Crippen molar-refractivity contribution in [3.8, 4) is 0 Å². The average molecular weight is 335 g/mol. The quantitative estimate of drug-likeness (QED) is 0.733. The molecule has 0 atom stereocenters. The van der Waals surface area contributed by atoms with Crippen LogP contribution in [0.25, 0.3) is 10.9 Å². The minimum atomic E-state index is -0.0235. The third kappa shape index (κ3) is 3.27. The molecule has 5 heteroatoms. The summed E-state index contributed by atoms with van der Waals surface area (Å²) < 4.78 is 5.01. The SMILES string of the molecule is Cc1cc(C(=O)N2CCC(Cc3cccc4ncccc34)CC2)no1. The normalized spacial score (nSPS) is 15.6. The van der Waals surface area contributed by atoms with Gasteiger partial charge in [-0.25, -0.2) is 0 Å². The highest BCUT2D eigenvalue weighted by atomic mass is 16.5. The van der Waals surface area contributed by atoms with Gasteiger partial charge in [0.1, 0.15) is 5.76 Å². The molecule has 0 unspecified atom stereocenters. The van der Waals surface area contributed by atoms with Crippen molar-refractivity contribution in [3.05, 3.63) is 59.6 Å². The zero-order chi connectivity index (χ0) is 17.2. The van der Waals surface area contributed by atoms with Gasteiger partial charge in [-0.1, -0.05) is 23.4 Å². The number of aryl methyl sites for hydroxylation is 1. The Morgan fingerprint density at radius 2 is 2.08 bits per heavy atom. The van der Waals surface area contributed by atoms with Crippen LogP contribution >= 0.6 is 0 Å². The second-order valence-electron chi connectivity index (χ2n) is 6.75. The Morgan fingerprint density at radius 1 is 1.24 bits per heavy atom. The molecule has 1 amide bonds. The van der Waals surface area contributed by atoms with Crippen LogP contribution in [0.15, 0.2) is 47.1 Å². The number of aromatic nitrogens is 2. The molecule has 0 bridgehead atoms. The van der Waals surface area contributed by atoms with Gasteiger partial charge in [0.15, 0.2) is 5.69 Å². The number of carbonyl (C=O) groups excluding carboxylic acids is 1. The zero-order valence-corrected chi connectivity index (χ0v) is 14.3. The van der Waals surface area contributed by atoms with Crippen molar-refractivity contribution in [2.45, 2.75) is 26.2 Å². The number of piperidine rings is 1. The molecule has 3 aromatic rings. The lowest BCUT2D eigenvalue weighted by atomic mass is 9.88. The van der Waals surface area contributed by atoms with Gasteiger partial charge in [0.25, 0.3) is 5.91 Å². The molecule has 1 fully saturated rings. The molecule has 1 aromatic carbocycles. The van der Waals surface area contributed by atoms with E-state index >= 15 is 0 Å². The van der Waals surface area contributed by atoms with E-state index in [0.717, 1.165) is 37.9 Å². The number of amides is 1. The summed E-state index contributed by atoms with van der Waals surface area (Å²) in [5, 5.41) is 5.08. The van der Waals surface area contributed by atoms with E-state index in [9.17, 15) is 4.79 Å². The fourth-order valence-corrected chi connectivity index (χ4v) is 3.63. The van der Waals surface area contributed by atoms with Crippen LogP contribution in [0.5, 0.6) is 0 Å². The second-order valence-corrected chi connectivity index (χ2v) is 6.75. The number of hydrogen-bond donors (Lipinski definition) is 0. The number of hydrogen-bond acceptors (Lipinski definition) is 4. The van der Waals surface area contributed by atoms with Crippen LogP contribution in [-0.4, -0.2) is 34.0 Å². The molecule has 128 valence electrons. The van der Waals surface area contributed by atoms with Crippen LogP contribution in [0.4, 0.5) is 0 Å². The average Bonchev–Trinajstić information content (AvgIpc) is 3.08. The Bertz CT molecular complexity index is 889. The minimum absolute atomic E-state index is 0.0235. The molecule has 3 heterocycles. The van der Waals surface area contributed by atoms with Gasteiger partial charge >= 0.3 is 0 Å². The highest BCUT2D eigenvalue weighted by molar-refractivity contribution is 5.92.